The first-order chi connectivity index (χ1) is 8.37. The monoisotopic (exact) mass is 270 g/mol. The predicted octanol–water partition coefficient (Wildman–Crippen LogP) is 0.498. The second kappa shape index (κ2) is 4.53. The Labute approximate surface area is 107 Å². The van der Waals surface area contributed by atoms with E-state index in [0.29, 0.717) is 18.7 Å². The van der Waals surface area contributed by atoms with E-state index in [1.807, 2.05) is 13.0 Å². The minimum atomic E-state index is -3.53. The van der Waals surface area contributed by atoms with Gasteiger partial charge in [-0.3, -0.25) is 0 Å². The molecule has 0 aliphatic carbocycles. The summed E-state index contributed by atoms with van der Waals surface area (Å²) >= 11 is 0. The fraction of sp³-hybridized carbons (Fsp3) is 0.500. The summed E-state index contributed by atoms with van der Waals surface area (Å²) in [5.74, 6) is 0.0473. The number of nitrogen functional groups attached to an aromatic ring is 1. The van der Waals surface area contributed by atoms with Crippen molar-refractivity contribution in [2.24, 2.45) is 5.92 Å². The molecule has 0 atom stereocenters. The van der Waals surface area contributed by atoms with Gasteiger partial charge in [0.25, 0.3) is 0 Å². The third-order valence-corrected chi connectivity index (χ3v) is 5.52. The maximum absolute atomic E-state index is 12.4. The number of anilines is 1. The van der Waals surface area contributed by atoms with Gasteiger partial charge in [0.1, 0.15) is 4.90 Å². The lowest BCUT2D eigenvalue weighted by molar-refractivity contribution is 0.117. The smallest absolute Gasteiger partial charge is 0.245 e. The van der Waals surface area contributed by atoms with Crippen LogP contribution >= 0.6 is 0 Å². The maximum Gasteiger partial charge on any atom is 0.245 e. The number of sulfonamides is 1. The van der Waals surface area contributed by atoms with Crippen molar-refractivity contribution < 1.29 is 13.5 Å². The van der Waals surface area contributed by atoms with E-state index in [-0.39, 0.29) is 23.1 Å². The molecule has 1 aliphatic heterocycles. The highest BCUT2D eigenvalue weighted by molar-refractivity contribution is 7.89. The van der Waals surface area contributed by atoms with Gasteiger partial charge in [0.2, 0.25) is 10.0 Å². The summed E-state index contributed by atoms with van der Waals surface area (Å²) in [7, 11) is -3.53. The Hall–Kier alpha value is -1.11. The van der Waals surface area contributed by atoms with Crippen LogP contribution in [0.4, 0.5) is 5.69 Å². The first-order valence-corrected chi connectivity index (χ1v) is 7.28. The minimum absolute atomic E-state index is 0.0221. The Bertz CT molecular complexity index is 563. The Morgan fingerprint density at radius 3 is 2.56 bits per heavy atom. The van der Waals surface area contributed by atoms with Crippen molar-refractivity contribution in [3.8, 4) is 0 Å². The second-order valence-electron chi connectivity index (χ2n) is 4.80. The molecule has 0 saturated carbocycles. The molecule has 0 unspecified atom stereocenters. The third kappa shape index (κ3) is 2.00. The average Bonchev–Trinajstić information content (AvgIpc) is 2.22. The van der Waals surface area contributed by atoms with Crippen LogP contribution in [0.2, 0.25) is 0 Å². The number of hydrogen-bond acceptors (Lipinski definition) is 4. The van der Waals surface area contributed by atoms with Gasteiger partial charge in [0.15, 0.2) is 0 Å². The summed E-state index contributed by atoms with van der Waals surface area (Å²) in [6.07, 6.45) is 0. The molecule has 0 amide bonds. The SMILES string of the molecule is Cc1ccc(N)c(S(=O)(=O)N2CC(CO)C2)c1C. The van der Waals surface area contributed by atoms with Gasteiger partial charge in [0, 0.05) is 25.6 Å². The molecule has 6 heteroatoms. The molecule has 5 nitrogen and oxygen atoms in total. The van der Waals surface area contributed by atoms with Crippen LogP contribution in [-0.2, 0) is 10.0 Å². The molecule has 1 saturated heterocycles. The van der Waals surface area contributed by atoms with Gasteiger partial charge in [-0.25, -0.2) is 8.42 Å². The topological polar surface area (TPSA) is 83.6 Å². The van der Waals surface area contributed by atoms with Crippen LogP contribution in [-0.4, -0.2) is 37.5 Å². The molecule has 2 rings (SSSR count). The lowest BCUT2D eigenvalue weighted by Crippen LogP contribution is -2.51. The van der Waals surface area contributed by atoms with Crippen LogP contribution in [0, 0.1) is 19.8 Å². The van der Waals surface area contributed by atoms with Crippen LogP contribution in [0.3, 0.4) is 0 Å². The number of nitrogens with two attached hydrogens (primary N) is 1. The standard InChI is InChI=1S/C12H18N2O3S/c1-8-3-4-11(13)12(9(8)2)18(16,17)14-5-10(6-14)7-15/h3-4,10,15H,5-7,13H2,1-2H3. The molecule has 0 radical (unpaired) electrons. The number of aryl methyl sites for hydroxylation is 1. The highest BCUT2D eigenvalue weighted by Crippen LogP contribution is 2.31. The van der Waals surface area contributed by atoms with Crippen molar-refractivity contribution in [3.05, 3.63) is 23.3 Å². The minimum Gasteiger partial charge on any atom is -0.398 e. The molecular weight excluding hydrogens is 252 g/mol. The number of rotatable bonds is 3. The summed E-state index contributed by atoms with van der Waals surface area (Å²) in [5.41, 5.74) is 7.69. The maximum atomic E-state index is 12.4. The Kier molecular flexibility index (Phi) is 3.35. The van der Waals surface area contributed by atoms with E-state index < -0.39 is 10.0 Å². The zero-order valence-corrected chi connectivity index (χ0v) is 11.4. The lowest BCUT2D eigenvalue weighted by atomic mass is 10.1. The Morgan fingerprint density at radius 2 is 2.00 bits per heavy atom. The van der Waals surface area contributed by atoms with E-state index >= 15 is 0 Å². The average molecular weight is 270 g/mol. The number of aliphatic hydroxyl groups is 1. The summed E-state index contributed by atoms with van der Waals surface area (Å²) in [6, 6.07) is 3.44. The summed E-state index contributed by atoms with van der Waals surface area (Å²) in [5, 5.41) is 8.95. The van der Waals surface area contributed by atoms with Crippen molar-refractivity contribution in [3.63, 3.8) is 0 Å². The van der Waals surface area contributed by atoms with Crippen LogP contribution < -0.4 is 5.73 Å². The predicted molar refractivity (Wildman–Crippen MR) is 69.7 cm³/mol. The highest BCUT2D eigenvalue weighted by Gasteiger charge is 2.38. The van der Waals surface area contributed by atoms with Gasteiger partial charge in [-0.2, -0.15) is 4.31 Å². The van der Waals surface area contributed by atoms with Crippen molar-refractivity contribution in [2.75, 3.05) is 25.4 Å². The molecule has 0 bridgehead atoms. The van der Waals surface area contributed by atoms with E-state index in [9.17, 15) is 8.42 Å². The molecule has 1 aromatic rings. The van der Waals surface area contributed by atoms with Gasteiger partial charge in [-0.1, -0.05) is 6.07 Å². The third-order valence-electron chi connectivity index (χ3n) is 3.49. The van der Waals surface area contributed by atoms with E-state index in [1.54, 1.807) is 13.0 Å². The van der Waals surface area contributed by atoms with Gasteiger partial charge in [-0.15, -0.1) is 0 Å². The Balaban J connectivity index is 2.40. The molecule has 3 N–H and O–H groups in total. The fourth-order valence-corrected chi connectivity index (χ4v) is 4.10. The molecule has 0 aromatic heterocycles. The van der Waals surface area contributed by atoms with Gasteiger partial charge >= 0.3 is 0 Å². The summed E-state index contributed by atoms with van der Waals surface area (Å²) in [6.45, 7) is 4.38. The molecule has 1 aliphatic rings. The highest BCUT2D eigenvalue weighted by atomic mass is 32.2. The summed E-state index contributed by atoms with van der Waals surface area (Å²) < 4.78 is 26.2. The lowest BCUT2D eigenvalue weighted by Gasteiger charge is -2.37. The van der Waals surface area contributed by atoms with E-state index in [2.05, 4.69) is 0 Å². The van der Waals surface area contributed by atoms with Gasteiger partial charge in [0.05, 0.1) is 5.69 Å². The van der Waals surface area contributed by atoms with Crippen molar-refractivity contribution in [2.45, 2.75) is 18.7 Å². The molecule has 0 spiro atoms. The molecule has 1 fully saturated rings. The molecule has 100 valence electrons. The number of aliphatic hydroxyl groups excluding tert-OH is 1. The second-order valence-corrected chi connectivity index (χ2v) is 6.67. The van der Waals surface area contributed by atoms with Crippen molar-refractivity contribution in [1.29, 1.82) is 0 Å². The number of nitrogens with zero attached hydrogens (tertiary/aromatic N) is 1. The van der Waals surface area contributed by atoms with Crippen LogP contribution in [0.15, 0.2) is 17.0 Å². The van der Waals surface area contributed by atoms with Crippen LogP contribution in [0.5, 0.6) is 0 Å². The molecule has 1 aromatic carbocycles. The van der Waals surface area contributed by atoms with Crippen LogP contribution in [0.25, 0.3) is 0 Å². The largest absolute Gasteiger partial charge is 0.398 e. The van der Waals surface area contributed by atoms with E-state index in [0.717, 1.165) is 5.56 Å². The molecular formula is C12H18N2O3S. The number of benzene rings is 1. The van der Waals surface area contributed by atoms with Gasteiger partial charge in [-0.05, 0) is 31.0 Å². The first-order valence-electron chi connectivity index (χ1n) is 5.84. The van der Waals surface area contributed by atoms with Gasteiger partial charge < -0.3 is 10.8 Å². The van der Waals surface area contributed by atoms with E-state index in [4.69, 9.17) is 10.8 Å². The van der Waals surface area contributed by atoms with Crippen LogP contribution in [0.1, 0.15) is 11.1 Å². The first kappa shape index (κ1) is 13.3. The van der Waals surface area contributed by atoms with E-state index in [1.165, 1.54) is 4.31 Å². The molecule has 1 heterocycles. The van der Waals surface area contributed by atoms with Crippen molar-refractivity contribution >= 4 is 15.7 Å². The van der Waals surface area contributed by atoms with Crippen molar-refractivity contribution in [1.82, 2.24) is 4.31 Å². The Morgan fingerprint density at radius 1 is 1.39 bits per heavy atom. The normalized spacial score (nSPS) is 17.7. The zero-order valence-electron chi connectivity index (χ0n) is 10.5. The zero-order chi connectivity index (χ0) is 13.5. The quantitative estimate of drug-likeness (QED) is 0.783. The summed E-state index contributed by atoms with van der Waals surface area (Å²) in [4.78, 5) is 0.207. The fourth-order valence-electron chi connectivity index (χ4n) is 2.12. The number of hydrogen-bond donors (Lipinski definition) is 2. The molecule has 18 heavy (non-hydrogen) atoms.